The third-order valence-corrected chi connectivity index (χ3v) is 4.51. The number of halogens is 3. The predicted molar refractivity (Wildman–Crippen MR) is 82.3 cm³/mol. The molecule has 1 heterocycles. The van der Waals surface area contributed by atoms with Crippen molar-refractivity contribution < 1.29 is 18.0 Å². The van der Waals surface area contributed by atoms with Crippen molar-refractivity contribution in [2.75, 3.05) is 31.1 Å². The minimum atomic E-state index is -4.52. The van der Waals surface area contributed by atoms with Gasteiger partial charge >= 0.3 is 6.18 Å². The van der Waals surface area contributed by atoms with E-state index in [9.17, 15) is 18.0 Å². The van der Waals surface area contributed by atoms with Crippen LogP contribution in [0.5, 0.6) is 0 Å². The van der Waals surface area contributed by atoms with Crippen molar-refractivity contribution >= 4 is 11.6 Å². The van der Waals surface area contributed by atoms with Gasteiger partial charge in [-0.2, -0.15) is 18.4 Å². The molecule has 2 fully saturated rings. The SMILES string of the molecule is N#Cc1ccc(N2CCCN(C(=O)C3CC3)CC2)c(C(F)(F)F)c1. The largest absolute Gasteiger partial charge is 0.418 e. The van der Waals surface area contributed by atoms with Crippen molar-refractivity contribution in [3.63, 3.8) is 0 Å². The minimum Gasteiger partial charge on any atom is -0.369 e. The van der Waals surface area contributed by atoms with Crippen molar-refractivity contribution in [2.45, 2.75) is 25.4 Å². The minimum absolute atomic E-state index is 0.00793. The molecule has 1 saturated carbocycles. The van der Waals surface area contributed by atoms with Crippen LogP contribution in [0.25, 0.3) is 0 Å². The Morgan fingerprint density at radius 3 is 2.54 bits per heavy atom. The summed E-state index contributed by atoms with van der Waals surface area (Å²) in [5, 5.41) is 8.85. The van der Waals surface area contributed by atoms with Crippen LogP contribution in [0.4, 0.5) is 18.9 Å². The molecule has 0 N–H and O–H groups in total. The van der Waals surface area contributed by atoms with Gasteiger partial charge in [0, 0.05) is 37.8 Å². The molecular weight excluding hydrogens is 319 g/mol. The summed E-state index contributed by atoms with van der Waals surface area (Å²) in [5.41, 5.74) is -0.711. The molecule has 0 aromatic heterocycles. The lowest BCUT2D eigenvalue weighted by Crippen LogP contribution is -2.36. The Morgan fingerprint density at radius 2 is 1.92 bits per heavy atom. The Labute approximate surface area is 138 Å². The van der Waals surface area contributed by atoms with Crippen LogP contribution in [-0.2, 0) is 11.0 Å². The van der Waals surface area contributed by atoms with E-state index in [1.54, 1.807) is 15.9 Å². The summed E-state index contributed by atoms with van der Waals surface area (Å²) < 4.78 is 40.0. The molecule has 7 heteroatoms. The molecule has 2 aliphatic rings. The number of amides is 1. The number of benzene rings is 1. The second-order valence-corrected chi connectivity index (χ2v) is 6.28. The Morgan fingerprint density at radius 1 is 1.17 bits per heavy atom. The third-order valence-electron chi connectivity index (χ3n) is 4.51. The topological polar surface area (TPSA) is 47.3 Å². The van der Waals surface area contributed by atoms with Crippen LogP contribution in [-0.4, -0.2) is 37.0 Å². The first kappa shape index (κ1) is 16.6. The Bertz CT molecular complexity index is 677. The maximum absolute atomic E-state index is 13.3. The summed E-state index contributed by atoms with van der Waals surface area (Å²) in [4.78, 5) is 15.6. The van der Waals surface area contributed by atoms with Crippen molar-refractivity contribution in [1.29, 1.82) is 5.26 Å². The second-order valence-electron chi connectivity index (χ2n) is 6.28. The fourth-order valence-corrected chi connectivity index (χ4v) is 3.08. The number of alkyl halides is 3. The van der Waals surface area contributed by atoms with Crippen LogP contribution in [0.3, 0.4) is 0 Å². The molecule has 0 unspecified atom stereocenters. The number of hydrogen-bond acceptors (Lipinski definition) is 3. The highest BCUT2D eigenvalue weighted by Gasteiger charge is 2.37. The van der Waals surface area contributed by atoms with E-state index in [-0.39, 0.29) is 23.1 Å². The summed E-state index contributed by atoms with van der Waals surface area (Å²) in [5.74, 6) is 0.255. The molecule has 4 nitrogen and oxygen atoms in total. The normalized spacial score (nSPS) is 18.9. The molecule has 0 atom stereocenters. The Kier molecular flexibility index (Phi) is 4.39. The lowest BCUT2D eigenvalue weighted by atomic mass is 10.1. The monoisotopic (exact) mass is 337 g/mol. The van der Waals surface area contributed by atoms with Crippen LogP contribution in [0, 0.1) is 17.2 Å². The van der Waals surface area contributed by atoms with E-state index in [1.807, 2.05) is 0 Å². The zero-order valence-corrected chi connectivity index (χ0v) is 13.1. The highest BCUT2D eigenvalue weighted by Crippen LogP contribution is 2.38. The lowest BCUT2D eigenvalue weighted by Gasteiger charge is -2.26. The standard InChI is InChI=1S/C17H18F3N3O/c18-17(19,20)14-10-12(11-21)2-5-15(14)22-6-1-7-23(9-8-22)16(24)13-3-4-13/h2,5,10,13H,1,3-4,6-9H2. The molecule has 0 bridgehead atoms. The van der Waals surface area contributed by atoms with Crippen LogP contribution in [0.1, 0.15) is 30.4 Å². The number of nitriles is 1. The van der Waals surface area contributed by atoms with Gasteiger partial charge < -0.3 is 9.80 Å². The number of anilines is 1. The molecule has 1 aromatic rings. The van der Waals surface area contributed by atoms with Crippen molar-refractivity contribution in [3.05, 3.63) is 29.3 Å². The fraction of sp³-hybridized carbons (Fsp3) is 0.529. The smallest absolute Gasteiger partial charge is 0.369 e. The van der Waals surface area contributed by atoms with Crippen LogP contribution >= 0.6 is 0 Å². The maximum Gasteiger partial charge on any atom is 0.418 e. The van der Waals surface area contributed by atoms with E-state index in [2.05, 4.69) is 0 Å². The summed E-state index contributed by atoms with van der Waals surface area (Å²) in [6.07, 6.45) is -2.03. The van der Waals surface area contributed by atoms with E-state index in [0.29, 0.717) is 32.6 Å². The van der Waals surface area contributed by atoms with Gasteiger partial charge in [-0.3, -0.25) is 4.79 Å². The lowest BCUT2D eigenvalue weighted by molar-refractivity contribution is -0.137. The average molecular weight is 337 g/mol. The molecule has 1 saturated heterocycles. The van der Waals surface area contributed by atoms with Gasteiger partial charge in [0.25, 0.3) is 0 Å². The molecule has 0 radical (unpaired) electrons. The molecular formula is C17H18F3N3O. The summed E-state index contributed by atoms with van der Waals surface area (Å²) in [6.45, 7) is 1.85. The molecule has 1 aliphatic carbocycles. The molecule has 1 amide bonds. The first-order chi connectivity index (χ1) is 11.4. The predicted octanol–water partition coefficient (Wildman–Crippen LogP) is 3.03. The van der Waals surface area contributed by atoms with Gasteiger partial charge in [0.1, 0.15) is 0 Å². The maximum atomic E-state index is 13.3. The van der Waals surface area contributed by atoms with E-state index in [4.69, 9.17) is 5.26 Å². The van der Waals surface area contributed by atoms with Crippen LogP contribution in [0.15, 0.2) is 18.2 Å². The van der Waals surface area contributed by atoms with Gasteiger partial charge in [-0.05, 0) is 37.5 Å². The second kappa shape index (κ2) is 6.34. The van der Waals surface area contributed by atoms with Crippen molar-refractivity contribution in [3.8, 4) is 6.07 Å². The highest BCUT2D eigenvalue weighted by atomic mass is 19.4. The van der Waals surface area contributed by atoms with Crippen molar-refractivity contribution in [2.24, 2.45) is 5.92 Å². The van der Waals surface area contributed by atoms with Gasteiger partial charge in [-0.1, -0.05) is 0 Å². The highest BCUT2D eigenvalue weighted by molar-refractivity contribution is 5.81. The Hall–Kier alpha value is -2.23. The van der Waals surface area contributed by atoms with Crippen molar-refractivity contribution in [1.82, 2.24) is 4.90 Å². The van der Waals surface area contributed by atoms with Crippen LogP contribution < -0.4 is 4.90 Å². The van der Waals surface area contributed by atoms with Gasteiger partial charge in [0.15, 0.2) is 0 Å². The zero-order chi connectivity index (χ0) is 17.3. The number of carbonyl (C=O) groups is 1. The summed E-state index contributed by atoms with van der Waals surface area (Å²) >= 11 is 0. The first-order valence-corrected chi connectivity index (χ1v) is 8.05. The van der Waals surface area contributed by atoms with E-state index in [0.717, 1.165) is 18.9 Å². The first-order valence-electron chi connectivity index (χ1n) is 8.05. The average Bonchev–Trinajstić information content (AvgIpc) is 3.39. The van der Waals surface area contributed by atoms with Gasteiger partial charge in [0.2, 0.25) is 5.91 Å². The summed E-state index contributed by atoms with van der Waals surface area (Å²) in [6, 6.07) is 5.41. The number of hydrogen-bond donors (Lipinski definition) is 0. The molecule has 24 heavy (non-hydrogen) atoms. The number of carbonyl (C=O) groups excluding carboxylic acids is 1. The molecule has 0 spiro atoms. The van der Waals surface area contributed by atoms with Crippen LogP contribution in [0.2, 0.25) is 0 Å². The fourth-order valence-electron chi connectivity index (χ4n) is 3.08. The third kappa shape index (κ3) is 3.48. The van der Waals surface area contributed by atoms with E-state index < -0.39 is 11.7 Å². The van der Waals surface area contributed by atoms with Gasteiger partial charge in [-0.15, -0.1) is 0 Å². The molecule has 128 valence electrons. The van der Waals surface area contributed by atoms with E-state index in [1.165, 1.54) is 12.1 Å². The summed E-state index contributed by atoms with van der Waals surface area (Å²) in [7, 11) is 0. The molecule has 1 aromatic carbocycles. The molecule has 1 aliphatic heterocycles. The van der Waals surface area contributed by atoms with E-state index >= 15 is 0 Å². The quantitative estimate of drug-likeness (QED) is 0.833. The number of nitrogens with zero attached hydrogens (tertiary/aromatic N) is 3. The Balaban J connectivity index is 1.81. The molecule has 3 rings (SSSR count). The number of rotatable bonds is 2. The van der Waals surface area contributed by atoms with Gasteiger partial charge in [0.05, 0.1) is 17.2 Å². The zero-order valence-electron chi connectivity index (χ0n) is 13.1. The van der Waals surface area contributed by atoms with Gasteiger partial charge in [-0.25, -0.2) is 0 Å².